The van der Waals surface area contributed by atoms with Crippen LogP contribution in [0.4, 0.5) is 14.5 Å². The van der Waals surface area contributed by atoms with Crippen LogP contribution in [-0.4, -0.2) is 129 Å². The van der Waals surface area contributed by atoms with Crippen molar-refractivity contribution in [2.75, 3.05) is 77.5 Å². The molecule has 0 unspecified atom stereocenters. The summed E-state index contributed by atoms with van der Waals surface area (Å²) in [6.07, 6.45) is 6.96. The lowest BCUT2D eigenvalue weighted by atomic mass is 9.56. The summed E-state index contributed by atoms with van der Waals surface area (Å²) in [6, 6.07) is 13.9. The first-order valence-corrected chi connectivity index (χ1v) is 22.7. The van der Waals surface area contributed by atoms with Crippen molar-refractivity contribution in [1.82, 2.24) is 14.7 Å². The minimum Gasteiger partial charge on any atom is -0.469 e. The van der Waals surface area contributed by atoms with Crippen LogP contribution in [-0.2, 0) is 29.6 Å². The fourth-order valence-corrected chi connectivity index (χ4v) is 12.6. The van der Waals surface area contributed by atoms with Gasteiger partial charge in [-0.05, 0) is 145 Å². The molecule has 1 N–H and O–H groups in total. The third kappa shape index (κ3) is 9.21. The van der Waals surface area contributed by atoms with Gasteiger partial charge in [-0.25, -0.2) is 17.2 Å². The van der Waals surface area contributed by atoms with Crippen LogP contribution in [0.5, 0.6) is 0 Å². The van der Waals surface area contributed by atoms with Gasteiger partial charge in [0.1, 0.15) is 5.82 Å². The zero-order chi connectivity index (χ0) is 40.6. The van der Waals surface area contributed by atoms with Gasteiger partial charge < -0.3 is 24.5 Å². The highest BCUT2D eigenvalue weighted by atomic mass is 32.2. The standard InChI is InChI=1S/C44H62F2N4O6S/c1-42(2,53)27-40(51)49-23-17-38(18-24-49)57(54,55)37-13-11-36(12-14-37)50-29-43(46,30-50)28-48-21-15-33(16-22-48)44(31-47-19-6-20-47,34-8-5-9-35(45)26-34)39-10-4-7-32(39)25-41(52)56-3/h5,8-9,11-14,26,32-33,38-39,53H,4,6-7,10,15-25,27-31H2,1-3H3/t32-,39+,44+/m1/s1. The van der Waals surface area contributed by atoms with Gasteiger partial charge in [0.25, 0.3) is 0 Å². The lowest BCUT2D eigenvalue weighted by Crippen LogP contribution is -2.64. The number of likely N-dealkylation sites (tertiary alicyclic amines) is 3. The number of piperidine rings is 2. The Morgan fingerprint density at radius 3 is 2.18 bits per heavy atom. The predicted octanol–water partition coefficient (Wildman–Crippen LogP) is 5.61. The first-order chi connectivity index (χ1) is 27.1. The number of esters is 1. The Morgan fingerprint density at radius 1 is 0.895 bits per heavy atom. The molecule has 5 fully saturated rings. The normalized spacial score (nSPS) is 25.1. The molecule has 5 aliphatic rings. The highest BCUT2D eigenvalue weighted by Crippen LogP contribution is 2.54. The van der Waals surface area contributed by atoms with Crippen molar-refractivity contribution in [1.29, 1.82) is 0 Å². The largest absolute Gasteiger partial charge is 0.469 e. The summed E-state index contributed by atoms with van der Waals surface area (Å²) in [4.78, 5) is 33.7. The van der Waals surface area contributed by atoms with E-state index >= 15 is 8.78 Å². The fraction of sp³-hybridized carbons (Fsp3) is 0.682. The maximum absolute atomic E-state index is 16.3. The van der Waals surface area contributed by atoms with E-state index in [4.69, 9.17) is 4.74 Å². The zero-order valence-electron chi connectivity index (χ0n) is 34.0. The van der Waals surface area contributed by atoms with Crippen molar-refractivity contribution >= 4 is 27.4 Å². The van der Waals surface area contributed by atoms with Crippen molar-refractivity contribution < 1.29 is 36.6 Å². The number of amides is 1. The highest BCUT2D eigenvalue weighted by molar-refractivity contribution is 7.92. The number of nitrogens with zero attached hydrogens (tertiary/aromatic N) is 4. The van der Waals surface area contributed by atoms with Gasteiger partial charge in [0.2, 0.25) is 5.91 Å². The number of sulfone groups is 1. The van der Waals surface area contributed by atoms with Crippen LogP contribution in [0.15, 0.2) is 53.4 Å². The van der Waals surface area contributed by atoms with Crippen LogP contribution in [0.2, 0.25) is 0 Å². The summed E-state index contributed by atoms with van der Waals surface area (Å²) in [5.41, 5.74) is -0.998. The molecule has 1 amide bonds. The topological polar surface area (TPSA) is 111 Å². The Kier molecular flexibility index (Phi) is 12.4. The molecule has 0 bridgehead atoms. The van der Waals surface area contributed by atoms with Gasteiger partial charge >= 0.3 is 5.97 Å². The molecule has 0 aromatic heterocycles. The van der Waals surface area contributed by atoms with E-state index in [0.717, 1.165) is 82.5 Å². The molecule has 1 saturated carbocycles. The second-order valence-corrected chi connectivity index (χ2v) is 20.7. The van der Waals surface area contributed by atoms with Crippen molar-refractivity contribution in [3.63, 3.8) is 0 Å². The van der Waals surface area contributed by atoms with Gasteiger partial charge in [0.15, 0.2) is 15.5 Å². The summed E-state index contributed by atoms with van der Waals surface area (Å²) >= 11 is 0. The molecule has 2 aromatic rings. The molecule has 0 radical (unpaired) electrons. The number of alkyl halides is 1. The second kappa shape index (κ2) is 16.9. The number of halogens is 2. The minimum absolute atomic E-state index is 0.000239. The Hall–Kier alpha value is -3.13. The SMILES string of the molecule is COC(=O)C[C@H]1CCC[C@@H]1[C@](CN1CCC1)(c1cccc(F)c1)C1CCN(CC2(F)CN(c3ccc(S(=O)(=O)C4CCN(C(=O)CC(C)(C)O)CC4)cc3)C2)CC1. The number of hydrogen-bond acceptors (Lipinski definition) is 9. The Labute approximate surface area is 337 Å². The Morgan fingerprint density at radius 2 is 1.58 bits per heavy atom. The number of carbonyl (C=O) groups is 2. The monoisotopic (exact) mass is 812 g/mol. The first kappa shape index (κ1) is 42.0. The van der Waals surface area contributed by atoms with E-state index in [1.54, 1.807) is 49.1 Å². The molecule has 10 nitrogen and oxygen atoms in total. The maximum Gasteiger partial charge on any atom is 0.305 e. The van der Waals surface area contributed by atoms with Gasteiger partial charge in [-0.2, -0.15) is 0 Å². The molecule has 4 saturated heterocycles. The molecule has 7 rings (SSSR count). The highest BCUT2D eigenvalue weighted by Gasteiger charge is 2.53. The van der Waals surface area contributed by atoms with Crippen molar-refractivity contribution in [2.45, 2.75) is 105 Å². The summed E-state index contributed by atoms with van der Waals surface area (Å²) < 4.78 is 63.5. The third-order valence-electron chi connectivity index (χ3n) is 13.9. The second-order valence-electron chi connectivity index (χ2n) is 18.4. The average Bonchev–Trinajstić information content (AvgIpc) is 3.61. The number of ether oxygens (including phenoxy) is 1. The van der Waals surface area contributed by atoms with Gasteiger partial charge in [-0.1, -0.05) is 18.6 Å². The van der Waals surface area contributed by atoms with Gasteiger partial charge in [0, 0.05) is 43.7 Å². The molecule has 1 aliphatic carbocycles. The smallest absolute Gasteiger partial charge is 0.305 e. The van der Waals surface area contributed by atoms with E-state index in [0.29, 0.717) is 38.9 Å². The van der Waals surface area contributed by atoms with Crippen LogP contribution < -0.4 is 4.90 Å². The van der Waals surface area contributed by atoms with Crippen LogP contribution in [0.25, 0.3) is 0 Å². The first-order valence-electron chi connectivity index (χ1n) is 21.1. The minimum atomic E-state index is -3.60. The molecule has 314 valence electrons. The zero-order valence-corrected chi connectivity index (χ0v) is 34.8. The fourth-order valence-electron chi connectivity index (χ4n) is 10.9. The summed E-state index contributed by atoms with van der Waals surface area (Å²) in [5.74, 6) is 0.0616. The predicted molar refractivity (Wildman–Crippen MR) is 216 cm³/mol. The quantitative estimate of drug-likeness (QED) is 0.244. The van der Waals surface area contributed by atoms with E-state index in [9.17, 15) is 23.1 Å². The lowest BCUT2D eigenvalue weighted by Gasteiger charge is -2.54. The molecule has 2 aromatic carbocycles. The van der Waals surface area contributed by atoms with Crippen molar-refractivity contribution in [2.24, 2.45) is 17.8 Å². The van der Waals surface area contributed by atoms with Crippen LogP contribution in [0, 0.1) is 23.6 Å². The Balaban J connectivity index is 0.967. The molecule has 3 atom stereocenters. The molecule has 57 heavy (non-hydrogen) atoms. The van der Waals surface area contributed by atoms with Gasteiger partial charge in [-0.15, -0.1) is 0 Å². The van der Waals surface area contributed by atoms with Gasteiger partial charge in [0.05, 0.1) is 42.4 Å². The van der Waals surface area contributed by atoms with Crippen LogP contribution >= 0.6 is 0 Å². The average molecular weight is 813 g/mol. The number of methoxy groups -OCH3 is 1. The van der Waals surface area contributed by atoms with Crippen molar-refractivity contribution in [3.8, 4) is 0 Å². The number of rotatable bonds is 14. The number of carbonyl (C=O) groups excluding carboxylic acids is 2. The molecule has 4 heterocycles. The summed E-state index contributed by atoms with van der Waals surface area (Å²) in [7, 11) is -2.15. The third-order valence-corrected chi connectivity index (χ3v) is 16.2. The van der Waals surface area contributed by atoms with E-state index in [2.05, 4.69) is 15.9 Å². The van der Waals surface area contributed by atoms with E-state index in [-0.39, 0.29) is 65.3 Å². The number of aliphatic hydroxyl groups is 1. The molecule has 4 aliphatic heterocycles. The van der Waals surface area contributed by atoms with E-state index in [1.807, 2.05) is 11.0 Å². The molecule has 0 spiro atoms. The number of hydrogen-bond donors (Lipinski definition) is 1. The molecular formula is C44H62F2N4O6S. The van der Waals surface area contributed by atoms with Crippen molar-refractivity contribution in [3.05, 3.63) is 59.9 Å². The molecular weight excluding hydrogens is 751 g/mol. The van der Waals surface area contributed by atoms with Crippen LogP contribution in [0.3, 0.4) is 0 Å². The Bertz CT molecular complexity index is 1830. The summed E-state index contributed by atoms with van der Waals surface area (Å²) in [6.45, 7) is 9.04. The number of anilines is 1. The molecule has 13 heteroatoms. The van der Waals surface area contributed by atoms with E-state index < -0.39 is 26.4 Å². The van der Waals surface area contributed by atoms with Gasteiger partial charge in [-0.3, -0.25) is 14.5 Å². The van der Waals surface area contributed by atoms with E-state index in [1.165, 1.54) is 13.2 Å². The summed E-state index contributed by atoms with van der Waals surface area (Å²) in [5, 5.41) is 9.42. The van der Waals surface area contributed by atoms with Crippen LogP contribution in [0.1, 0.15) is 83.6 Å². The number of benzene rings is 2. The maximum atomic E-state index is 16.3. The lowest BCUT2D eigenvalue weighted by molar-refractivity contribution is -0.142.